The number of hydrogen-bond acceptors (Lipinski definition) is 4. The van der Waals surface area contributed by atoms with Crippen LogP contribution in [0.1, 0.15) is 20.7 Å². The number of benzene rings is 2. The van der Waals surface area contributed by atoms with E-state index in [9.17, 15) is 9.59 Å². The van der Waals surface area contributed by atoms with Gasteiger partial charge in [0.25, 0.3) is 5.91 Å². The van der Waals surface area contributed by atoms with Crippen molar-refractivity contribution in [3.63, 3.8) is 0 Å². The minimum Gasteiger partial charge on any atom is -0.496 e. The minimum absolute atomic E-state index is 0.135. The van der Waals surface area contributed by atoms with Gasteiger partial charge in [0.05, 0.1) is 19.8 Å². The largest absolute Gasteiger partial charge is 0.496 e. The van der Waals surface area contributed by atoms with E-state index in [0.29, 0.717) is 22.6 Å². The average molecular weight is 313 g/mol. The van der Waals surface area contributed by atoms with Gasteiger partial charge in [-0.15, -0.1) is 0 Å². The highest BCUT2D eigenvalue weighted by Gasteiger charge is 2.18. The molecule has 5 heteroatoms. The van der Waals surface area contributed by atoms with E-state index in [1.807, 2.05) is 12.1 Å². The van der Waals surface area contributed by atoms with Gasteiger partial charge in [-0.05, 0) is 17.7 Å². The van der Waals surface area contributed by atoms with Crippen molar-refractivity contribution < 1.29 is 19.1 Å². The van der Waals surface area contributed by atoms with Crippen molar-refractivity contribution >= 4 is 12.2 Å². The first-order valence-electron chi connectivity index (χ1n) is 7.05. The Balaban J connectivity index is 2.61. The molecule has 0 atom stereocenters. The fraction of sp³-hybridized carbons (Fsp3) is 0.222. The third kappa shape index (κ3) is 3.34. The normalized spacial score (nSPS) is 10.1. The summed E-state index contributed by atoms with van der Waals surface area (Å²) < 4.78 is 10.9. The number of carbonyl (C=O) groups excluding carboxylic acids is 2. The number of hydrogen-bond donors (Lipinski definition) is 0. The lowest BCUT2D eigenvalue weighted by Crippen LogP contribution is -2.21. The van der Waals surface area contributed by atoms with Crippen LogP contribution >= 0.6 is 0 Å². The minimum atomic E-state index is -0.135. The van der Waals surface area contributed by atoms with Gasteiger partial charge in [-0.2, -0.15) is 0 Å². The molecular weight excluding hydrogens is 294 g/mol. The molecular formula is C18H19NO4. The summed E-state index contributed by atoms with van der Waals surface area (Å²) in [4.78, 5) is 24.5. The summed E-state index contributed by atoms with van der Waals surface area (Å²) in [5.41, 5.74) is 2.65. The predicted octanol–water partition coefficient (Wildman–Crippen LogP) is 2.89. The molecule has 1 amide bonds. The fourth-order valence-corrected chi connectivity index (χ4v) is 2.31. The van der Waals surface area contributed by atoms with Crippen molar-refractivity contribution in [1.82, 2.24) is 4.90 Å². The Labute approximate surface area is 135 Å². The smallest absolute Gasteiger partial charge is 0.253 e. The zero-order chi connectivity index (χ0) is 17.0. The van der Waals surface area contributed by atoms with E-state index in [0.717, 1.165) is 17.4 Å². The topological polar surface area (TPSA) is 55.8 Å². The van der Waals surface area contributed by atoms with Crippen LogP contribution in [-0.4, -0.2) is 45.4 Å². The second kappa shape index (κ2) is 6.96. The van der Waals surface area contributed by atoms with Crippen molar-refractivity contribution in [2.75, 3.05) is 28.3 Å². The summed E-state index contributed by atoms with van der Waals surface area (Å²) in [5.74, 6) is 0.936. The molecule has 0 aliphatic carbocycles. The van der Waals surface area contributed by atoms with Crippen LogP contribution in [0.3, 0.4) is 0 Å². The number of ether oxygens (including phenoxy) is 2. The summed E-state index contributed by atoms with van der Waals surface area (Å²) >= 11 is 0. The van der Waals surface area contributed by atoms with Crippen LogP contribution in [0.25, 0.3) is 11.1 Å². The lowest BCUT2D eigenvalue weighted by Gasteiger charge is -2.17. The molecule has 23 heavy (non-hydrogen) atoms. The van der Waals surface area contributed by atoms with Crippen LogP contribution in [0, 0.1) is 0 Å². The first-order valence-corrected chi connectivity index (χ1v) is 7.05. The monoisotopic (exact) mass is 313 g/mol. The third-order valence-electron chi connectivity index (χ3n) is 3.49. The van der Waals surface area contributed by atoms with Crippen LogP contribution < -0.4 is 9.47 Å². The summed E-state index contributed by atoms with van der Waals surface area (Å²) in [6.07, 6.45) is 0.789. The Morgan fingerprint density at radius 2 is 1.52 bits per heavy atom. The van der Waals surface area contributed by atoms with E-state index >= 15 is 0 Å². The summed E-state index contributed by atoms with van der Waals surface area (Å²) in [6.45, 7) is 0. The Morgan fingerprint density at radius 1 is 1.00 bits per heavy atom. The lowest BCUT2D eigenvalue weighted by atomic mass is 9.99. The molecule has 0 spiro atoms. The van der Waals surface area contributed by atoms with Gasteiger partial charge in [0, 0.05) is 25.2 Å². The number of carbonyl (C=O) groups is 2. The standard InChI is InChI=1S/C18H19NO4/c1-19(2)18(21)14-9-15(22-3)17(16(10-14)23-4)13-7-5-12(11-20)6-8-13/h5-11H,1-4H3. The number of aldehydes is 1. The number of nitrogens with zero attached hydrogens (tertiary/aromatic N) is 1. The van der Waals surface area contributed by atoms with Crippen LogP contribution in [0.15, 0.2) is 36.4 Å². The molecule has 0 aliphatic heterocycles. The van der Waals surface area contributed by atoms with E-state index in [-0.39, 0.29) is 5.91 Å². The molecule has 0 saturated heterocycles. The Kier molecular flexibility index (Phi) is 5.01. The molecule has 2 aromatic carbocycles. The molecule has 2 aromatic rings. The van der Waals surface area contributed by atoms with Crippen molar-refractivity contribution in [3.05, 3.63) is 47.5 Å². The van der Waals surface area contributed by atoms with Crippen LogP contribution in [0.5, 0.6) is 11.5 Å². The highest BCUT2D eigenvalue weighted by atomic mass is 16.5. The predicted molar refractivity (Wildman–Crippen MR) is 88.4 cm³/mol. The molecule has 0 unspecified atom stereocenters. The van der Waals surface area contributed by atoms with E-state index in [4.69, 9.17) is 9.47 Å². The Morgan fingerprint density at radius 3 is 1.91 bits per heavy atom. The maximum absolute atomic E-state index is 12.2. The zero-order valence-electron chi connectivity index (χ0n) is 13.6. The second-order valence-electron chi connectivity index (χ2n) is 5.20. The van der Waals surface area contributed by atoms with Gasteiger partial charge in [0.2, 0.25) is 0 Å². The molecule has 0 aromatic heterocycles. The van der Waals surface area contributed by atoms with Crippen molar-refractivity contribution in [1.29, 1.82) is 0 Å². The van der Waals surface area contributed by atoms with E-state index in [1.165, 1.54) is 4.90 Å². The van der Waals surface area contributed by atoms with E-state index in [1.54, 1.807) is 52.6 Å². The molecule has 0 bridgehead atoms. The van der Waals surface area contributed by atoms with Gasteiger partial charge in [-0.3, -0.25) is 9.59 Å². The highest BCUT2D eigenvalue weighted by Crippen LogP contribution is 2.39. The molecule has 0 heterocycles. The van der Waals surface area contributed by atoms with Crippen molar-refractivity contribution in [2.24, 2.45) is 0 Å². The van der Waals surface area contributed by atoms with Crippen molar-refractivity contribution in [2.45, 2.75) is 0 Å². The fourth-order valence-electron chi connectivity index (χ4n) is 2.31. The van der Waals surface area contributed by atoms with Crippen LogP contribution in [-0.2, 0) is 0 Å². The maximum atomic E-state index is 12.2. The van der Waals surface area contributed by atoms with Gasteiger partial charge < -0.3 is 14.4 Å². The molecule has 0 saturated carbocycles. The summed E-state index contributed by atoms with van der Waals surface area (Å²) in [7, 11) is 6.46. The lowest BCUT2D eigenvalue weighted by molar-refractivity contribution is 0.0826. The molecule has 0 fully saturated rings. The highest BCUT2D eigenvalue weighted by molar-refractivity contribution is 5.96. The SMILES string of the molecule is COc1cc(C(=O)N(C)C)cc(OC)c1-c1ccc(C=O)cc1. The third-order valence-corrected chi connectivity index (χ3v) is 3.49. The van der Waals surface area contributed by atoms with Gasteiger partial charge in [0.15, 0.2) is 0 Å². The number of amides is 1. The van der Waals surface area contributed by atoms with Gasteiger partial charge in [0.1, 0.15) is 17.8 Å². The average Bonchev–Trinajstić information content (AvgIpc) is 2.59. The summed E-state index contributed by atoms with van der Waals surface area (Å²) in [5, 5.41) is 0. The molecule has 120 valence electrons. The van der Waals surface area contributed by atoms with Gasteiger partial charge >= 0.3 is 0 Å². The maximum Gasteiger partial charge on any atom is 0.253 e. The van der Waals surface area contributed by atoms with Crippen LogP contribution in [0.2, 0.25) is 0 Å². The molecule has 0 radical (unpaired) electrons. The zero-order valence-corrected chi connectivity index (χ0v) is 13.6. The second-order valence-corrected chi connectivity index (χ2v) is 5.20. The summed E-state index contributed by atoms with van der Waals surface area (Å²) in [6, 6.07) is 10.5. The van der Waals surface area contributed by atoms with Gasteiger partial charge in [-0.25, -0.2) is 0 Å². The first-order chi connectivity index (χ1) is 11.0. The molecule has 5 nitrogen and oxygen atoms in total. The molecule has 2 rings (SSSR count). The first kappa shape index (κ1) is 16.5. The number of methoxy groups -OCH3 is 2. The van der Waals surface area contributed by atoms with E-state index < -0.39 is 0 Å². The number of rotatable bonds is 5. The van der Waals surface area contributed by atoms with Gasteiger partial charge in [-0.1, -0.05) is 24.3 Å². The Bertz CT molecular complexity index is 695. The quantitative estimate of drug-likeness (QED) is 0.797. The van der Waals surface area contributed by atoms with Crippen LogP contribution in [0.4, 0.5) is 0 Å². The Hall–Kier alpha value is -2.82. The van der Waals surface area contributed by atoms with Crippen molar-refractivity contribution in [3.8, 4) is 22.6 Å². The molecule has 0 N–H and O–H groups in total. The van der Waals surface area contributed by atoms with E-state index in [2.05, 4.69) is 0 Å². The molecule has 0 aliphatic rings.